The first-order valence-corrected chi connectivity index (χ1v) is 9.35. The molecule has 8 heteroatoms. The summed E-state index contributed by atoms with van der Waals surface area (Å²) in [6, 6.07) is 10.1. The van der Waals surface area contributed by atoms with Crippen LogP contribution in [0.15, 0.2) is 30.3 Å². The van der Waals surface area contributed by atoms with Gasteiger partial charge in [-0.15, -0.1) is 0 Å². The minimum absolute atomic E-state index is 0. The van der Waals surface area contributed by atoms with Crippen LogP contribution in [0.2, 0.25) is 0 Å². The number of rotatable bonds is 2. The van der Waals surface area contributed by atoms with Gasteiger partial charge in [0, 0.05) is 21.5 Å². The number of hydrogen-bond acceptors (Lipinski definition) is 4. The minimum Gasteiger partial charge on any atom is -0.412 e. The maximum absolute atomic E-state index is 7.68. The number of nitrogens with two attached hydrogens (primary N) is 2. The lowest BCUT2D eigenvalue weighted by Gasteiger charge is -2.22. The van der Waals surface area contributed by atoms with Gasteiger partial charge in [0.05, 0.1) is 6.67 Å². The van der Waals surface area contributed by atoms with Crippen molar-refractivity contribution >= 4 is 19.3 Å². The van der Waals surface area contributed by atoms with Crippen molar-refractivity contribution in [3.8, 4) is 0 Å². The van der Waals surface area contributed by atoms with E-state index in [1.807, 2.05) is 58.3 Å². The van der Waals surface area contributed by atoms with Gasteiger partial charge in [0.2, 0.25) is 0 Å². The summed E-state index contributed by atoms with van der Waals surface area (Å²) < 4.78 is 0. The zero-order valence-corrected chi connectivity index (χ0v) is 19.7. The highest BCUT2D eigenvalue weighted by molar-refractivity contribution is 7.59. The van der Waals surface area contributed by atoms with Crippen molar-refractivity contribution in [2.45, 2.75) is 52.5 Å². The maximum Gasteiger partial charge on any atom is 0.128 e. The summed E-state index contributed by atoms with van der Waals surface area (Å²) in [6.45, 7) is 6.68. The molecule has 0 atom stereocenters. The van der Waals surface area contributed by atoms with E-state index < -0.39 is 0 Å². The number of benzene rings is 1. The van der Waals surface area contributed by atoms with Crippen LogP contribution in [0, 0.1) is 11.3 Å². The van der Waals surface area contributed by atoms with E-state index in [2.05, 4.69) is 12.2 Å². The summed E-state index contributed by atoms with van der Waals surface area (Å²) in [5.74, 6) is 1.40. The largest absolute Gasteiger partial charge is 0.412 e. The third-order valence-electron chi connectivity index (χ3n) is 3.76. The molecule has 0 radical (unpaired) electrons. The van der Waals surface area contributed by atoms with Crippen LogP contribution in [0.4, 0.5) is 0 Å². The highest BCUT2D eigenvalue weighted by Gasteiger charge is 2.13. The monoisotopic (exact) mass is 425 g/mol. The van der Waals surface area contributed by atoms with Crippen LogP contribution in [0.1, 0.15) is 54.9 Å². The lowest BCUT2D eigenvalue weighted by Crippen LogP contribution is -2.32. The second-order valence-corrected chi connectivity index (χ2v) is 6.12. The minimum atomic E-state index is 0. The van der Waals surface area contributed by atoms with Crippen molar-refractivity contribution in [1.29, 1.82) is 5.41 Å². The lowest BCUT2D eigenvalue weighted by atomic mass is 9.88. The molecule has 28 heavy (non-hydrogen) atoms. The second kappa shape index (κ2) is 25.8. The molecule has 0 unspecified atom stereocenters. The van der Waals surface area contributed by atoms with Crippen LogP contribution in [0.3, 0.4) is 0 Å². The van der Waals surface area contributed by atoms with Gasteiger partial charge in [0.25, 0.3) is 0 Å². The molecular weight excluding hydrogens is 374 g/mol. The average molecular weight is 426 g/mol. The molecule has 0 heterocycles. The summed E-state index contributed by atoms with van der Waals surface area (Å²) >= 11 is 0. The molecule has 0 spiro atoms. The van der Waals surface area contributed by atoms with Gasteiger partial charge in [-0.1, -0.05) is 51.1 Å². The van der Waals surface area contributed by atoms with E-state index in [0.717, 1.165) is 11.5 Å². The zero-order chi connectivity index (χ0) is 19.7. The molecule has 1 aliphatic rings. The van der Waals surface area contributed by atoms with E-state index in [-0.39, 0.29) is 27.3 Å². The molecule has 1 aromatic carbocycles. The predicted octanol–water partition coefficient (Wildman–Crippen LogP) is 2.20. The normalized spacial score (nSPS) is 16.3. The quantitative estimate of drug-likeness (QED) is 0.325. The van der Waals surface area contributed by atoms with E-state index in [1.165, 1.54) is 25.7 Å². The topological polar surface area (TPSA) is 154 Å². The Morgan fingerprint density at radius 3 is 1.82 bits per heavy atom. The first kappa shape index (κ1) is 37.6. The fourth-order valence-electron chi connectivity index (χ4n) is 2.19. The highest BCUT2D eigenvalue weighted by atomic mass is 32.1. The van der Waals surface area contributed by atoms with Crippen LogP contribution in [-0.4, -0.2) is 55.5 Å². The lowest BCUT2D eigenvalue weighted by molar-refractivity contribution is 0.348. The van der Waals surface area contributed by atoms with Crippen LogP contribution in [0.25, 0.3) is 0 Å². The first-order chi connectivity index (χ1) is 12.0. The van der Waals surface area contributed by atoms with E-state index in [9.17, 15) is 0 Å². The van der Waals surface area contributed by atoms with Crippen LogP contribution < -0.4 is 16.8 Å². The smallest absolute Gasteiger partial charge is 0.128 e. The summed E-state index contributed by atoms with van der Waals surface area (Å²) in [5, 5.41) is 10.4. The van der Waals surface area contributed by atoms with Gasteiger partial charge >= 0.3 is 0 Å². The molecule has 1 aromatic rings. The van der Waals surface area contributed by atoms with Crippen LogP contribution in [-0.2, 0) is 0 Å². The number of amidine groups is 1. The highest BCUT2D eigenvalue weighted by Crippen LogP contribution is 2.21. The predicted molar refractivity (Wildman–Crippen MR) is 134 cm³/mol. The Labute approximate surface area is 182 Å². The van der Waals surface area contributed by atoms with Gasteiger partial charge in [0.1, 0.15) is 5.84 Å². The molecule has 174 valence electrons. The van der Waals surface area contributed by atoms with Gasteiger partial charge in [0.15, 0.2) is 0 Å². The van der Waals surface area contributed by atoms with Crippen LogP contribution in [0.5, 0.6) is 0 Å². The Bertz CT molecular complexity index is 417. The first-order valence-electron chi connectivity index (χ1n) is 9.35. The number of hydrogen-bond donors (Lipinski definition) is 4. The maximum atomic E-state index is 7.68. The molecule has 2 rings (SSSR count). The average Bonchev–Trinajstić information content (AvgIpc) is 2.66. The molecule has 0 aromatic heterocycles. The van der Waals surface area contributed by atoms with Crippen molar-refractivity contribution < 1.29 is 13.8 Å². The molecular formula is C20H51N5O2S. The number of nitrogens with one attached hydrogen (secondary N) is 2. The summed E-state index contributed by atoms with van der Waals surface area (Å²) in [5.41, 5.74) is 12.0. The van der Waals surface area contributed by atoms with Gasteiger partial charge in [-0.25, -0.2) is 0 Å². The molecule has 1 fully saturated rings. The fourth-order valence-corrected chi connectivity index (χ4v) is 2.19. The summed E-state index contributed by atoms with van der Waals surface area (Å²) in [4.78, 5) is 1.69. The molecule has 7 nitrogen and oxygen atoms in total. The molecule has 0 aliphatic heterocycles. The second-order valence-electron chi connectivity index (χ2n) is 6.12. The molecule has 1 saturated carbocycles. The third-order valence-corrected chi connectivity index (χ3v) is 3.76. The van der Waals surface area contributed by atoms with Gasteiger partial charge < -0.3 is 32.6 Å². The molecule has 1 aliphatic carbocycles. The Kier molecular flexibility index (Phi) is 34.7. The van der Waals surface area contributed by atoms with Crippen LogP contribution >= 0.6 is 13.5 Å². The van der Waals surface area contributed by atoms with E-state index in [1.54, 1.807) is 11.9 Å². The Morgan fingerprint density at radius 1 is 1.11 bits per heavy atom. The van der Waals surface area contributed by atoms with Gasteiger partial charge in [-0.2, -0.15) is 13.5 Å². The molecule has 0 amide bonds. The summed E-state index contributed by atoms with van der Waals surface area (Å²) in [6.07, 6.45) is 5.20. The third kappa shape index (κ3) is 19.6. The standard InChI is InChI=1S/C9H13N3.C7H15N.C2H7N.C2H6.2H2O.H2S.2H2/c1-12(7-10)9(11)8-5-3-2-4-6-8;1-6-2-4-7(8)5-3-6;1-3-2;1-2;;;;;/h2-6,11H,7,10H2,1H3;6-7H,2-5,8H2,1H3;3H,1-2H3;1-2H3;3*1H2;2*1H. The van der Waals surface area contributed by atoms with Crippen molar-refractivity contribution in [3.05, 3.63) is 35.9 Å². The Balaban J connectivity index is -0.0000000524. The van der Waals surface area contributed by atoms with E-state index in [4.69, 9.17) is 16.9 Å². The summed E-state index contributed by atoms with van der Waals surface area (Å²) in [7, 11) is 5.55. The van der Waals surface area contributed by atoms with Crippen molar-refractivity contribution in [1.82, 2.24) is 10.2 Å². The van der Waals surface area contributed by atoms with Crippen molar-refractivity contribution in [2.75, 3.05) is 27.8 Å². The van der Waals surface area contributed by atoms with Crippen molar-refractivity contribution in [2.24, 2.45) is 17.4 Å². The van der Waals surface area contributed by atoms with Gasteiger partial charge in [-0.05, 0) is 45.7 Å². The molecule has 0 saturated heterocycles. The SMILES string of the molecule is CC.CC1CCC(N)CC1.CN(CN)C(=N)c1ccccc1.CNC.O.O.S.[HH].[HH]. The molecule has 10 N–H and O–H groups in total. The Morgan fingerprint density at radius 2 is 1.50 bits per heavy atom. The van der Waals surface area contributed by atoms with Crippen molar-refractivity contribution in [3.63, 3.8) is 0 Å². The van der Waals surface area contributed by atoms with E-state index in [0.29, 0.717) is 18.5 Å². The van der Waals surface area contributed by atoms with E-state index >= 15 is 0 Å². The Hall–Kier alpha value is -1.16. The molecule has 0 bridgehead atoms. The fraction of sp³-hybridized carbons (Fsp3) is 0.650. The van der Waals surface area contributed by atoms with Gasteiger partial charge in [-0.3, -0.25) is 5.41 Å². The zero-order valence-electron chi connectivity index (χ0n) is 18.7. The number of nitrogens with zero attached hydrogens (tertiary/aromatic N) is 1.